The Hall–Kier alpha value is -1.49. The summed E-state index contributed by atoms with van der Waals surface area (Å²) in [5.74, 6) is 1.41. The summed E-state index contributed by atoms with van der Waals surface area (Å²) in [6.45, 7) is 8.32. The Balaban J connectivity index is 2.19. The average Bonchev–Trinajstić information content (AvgIpc) is 2.31. The van der Waals surface area contributed by atoms with Gasteiger partial charge in [-0.3, -0.25) is 0 Å². The molecule has 2 N–H and O–H groups in total. The van der Waals surface area contributed by atoms with Crippen molar-refractivity contribution in [3.63, 3.8) is 0 Å². The van der Waals surface area contributed by atoms with Crippen molar-refractivity contribution >= 4 is 11.5 Å². The van der Waals surface area contributed by atoms with Crippen LogP contribution in [0.2, 0.25) is 0 Å². The van der Waals surface area contributed by atoms with Crippen molar-refractivity contribution in [1.82, 2.24) is 4.98 Å². The van der Waals surface area contributed by atoms with Crippen molar-refractivity contribution in [3.8, 4) is 5.88 Å². The third-order valence-electron chi connectivity index (χ3n) is 2.90. The van der Waals surface area contributed by atoms with E-state index in [0.717, 1.165) is 18.9 Å². The molecule has 1 fully saturated rings. The number of nitrogen functional groups attached to an aromatic ring is 1. The monoisotopic (exact) mass is 251 g/mol. The molecule has 0 aromatic carbocycles. The number of nitrogens with two attached hydrogens (primary N) is 1. The number of aromatic nitrogens is 1. The van der Waals surface area contributed by atoms with Crippen molar-refractivity contribution in [2.24, 2.45) is 0 Å². The summed E-state index contributed by atoms with van der Waals surface area (Å²) in [6.07, 6.45) is 0.423. The number of morpholine rings is 1. The molecule has 1 saturated heterocycles. The molecule has 1 aliphatic heterocycles. The van der Waals surface area contributed by atoms with E-state index in [0.29, 0.717) is 18.2 Å². The Bertz CT molecular complexity index is 401. The molecule has 0 bridgehead atoms. The topological polar surface area (TPSA) is 60.6 Å². The number of pyridine rings is 1. The van der Waals surface area contributed by atoms with Gasteiger partial charge in [0.05, 0.1) is 24.5 Å². The molecule has 5 heteroatoms. The maximum Gasteiger partial charge on any atom is 0.239 e. The highest BCUT2D eigenvalue weighted by Gasteiger charge is 2.23. The molecule has 0 aliphatic carbocycles. The molecule has 0 spiro atoms. The van der Waals surface area contributed by atoms with Crippen LogP contribution in [0.5, 0.6) is 5.88 Å². The maximum absolute atomic E-state index is 5.83. The van der Waals surface area contributed by atoms with E-state index in [1.807, 2.05) is 19.1 Å². The third kappa shape index (κ3) is 2.85. The molecular weight excluding hydrogens is 230 g/mol. The number of hydrogen-bond donors (Lipinski definition) is 1. The summed E-state index contributed by atoms with van der Waals surface area (Å²) >= 11 is 0. The summed E-state index contributed by atoms with van der Waals surface area (Å²) in [5.41, 5.74) is 6.41. The first-order chi connectivity index (χ1) is 8.60. The zero-order valence-corrected chi connectivity index (χ0v) is 11.2. The fourth-order valence-corrected chi connectivity index (χ4v) is 2.23. The fraction of sp³-hybridized carbons (Fsp3) is 0.615. The van der Waals surface area contributed by atoms with Crippen molar-refractivity contribution in [2.45, 2.75) is 33.0 Å². The zero-order valence-electron chi connectivity index (χ0n) is 11.2. The molecule has 18 heavy (non-hydrogen) atoms. The summed E-state index contributed by atoms with van der Waals surface area (Å²) in [7, 11) is 0. The molecule has 0 amide bonds. The Morgan fingerprint density at radius 2 is 2.06 bits per heavy atom. The van der Waals surface area contributed by atoms with Gasteiger partial charge in [0.1, 0.15) is 5.82 Å². The van der Waals surface area contributed by atoms with Gasteiger partial charge in [0.15, 0.2) is 0 Å². The van der Waals surface area contributed by atoms with Gasteiger partial charge < -0.3 is 20.1 Å². The van der Waals surface area contributed by atoms with Gasteiger partial charge in [0.25, 0.3) is 0 Å². The lowest BCUT2D eigenvalue weighted by atomic mass is 10.2. The van der Waals surface area contributed by atoms with Crippen molar-refractivity contribution in [3.05, 3.63) is 12.1 Å². The lowest BCUT2D eigenvalue weighted by Gasteiger charge is -2.36. The Kier molecular flexibility index (Phi) is 3.91. The first-order valence-corrected chi connectivity index (χ1v) is 6.40. The van der Waals surface area contributed by atoms with Crippen LogP contribution in [-0.2, 0) is 4.74 Å². The van der Waals surface area contributed by atoms with E-state index in [9.17, 15) is 0 Å². The van der Waals surface area contributed by atoms with Crippen molar-refractivity contribution in [2.75, 3.05) is 30.3 Å². The van der Waals surface area contributed by atoms with Crippen LogP contribution < -0.4 is 15.4 Å². The second-order valence-corrected chi connectivity index (χ2v) is 4.66. The van der Waals surface area contributed by atoms with E-state index in [-0.39, 0.29) is 12.2 Å². The minimum Gasteiger partial charge on any atom is -0.476 e. The van der Waals surface area contributed by atoms with E-state index in [1.54, 1.807) is 0 Å². The van der Waals surface area contributed by atoms with Gasteiger partial charge in [-0.1, -0.05) is 0 Å². The second-order valence-electron chi connectivity index (χ2n) is 4.66. The highest BCUT2D eigenvalue weighted by atomic mass is 16.5. The van der Waals surface area contributed by atoms with Crippen LogP contribution >= 0.6 is 0 Å². The van der Waals surface area contributed by atoms with E-state index >= 15 is 0 Å². The molecule has 2 heterocycles. The fourth-order valence-electron chi connectivity index (χ4n) is 2.23. The molecule has 5 nitrogen and oxygen atoms in total. The van der Waals surface area contributed by atoms with Gasteiger partial charge >= 0.3 is 0 Å². The summed E-state index contributed by atoms with van der Waals surface area (Å²) < 4.78 is 11.1. The highest BCUT2D eigenvalue weighted by molar-refractivity contribution is 5.54. The molecular formula is C13H21N3O2. The Morgan fingerprint density at radius 1 is 1.39 bits per heavy atom. The first kappa shape index (κ1) is 13.0. The molecule has 1 aromatic rings. The highest BCUT2D eigenvalue weighted by Crippen LogP contribution is 2.25. The maximum atomic E-state index is 5.83. The Morgan fingerprint density at radius 3 is 2.67 bits per heavy atom. The summed E-state index contributed by atoms with van der Waals surface area (Å²) in [5, 5.41) is 0. The SMILES string of the molecule is CCOc1nc(N2CC(C)OC(C)C2)ccc1N. The minimum atomic E-state index is 0.212. The molecule has 100 valence electrons. The number of hydrogen-bond acceptors (Lipinski definition) is 5. The van der Waals surface area contributed by atoms with Crippen LogP contribution in [-0.4, -0.2) is 36.9 Å². The van der Waals surface area contributed by atoms with Gasteiger partial charge in [0, 0.05) is 13.1 Å². The average molecular weight is 251 g/mol. The summed E-state index contributed by atoms with van der Waals surface area (Å²) in [4.78, 5) is 6.69. The number of nitrogens with zero attached hydrogens (tertiary/aromatic N) is 2. The Labute approximate surface area is 108 Å². The van der Waals surface area contributed by atoms with Crippen LogP contribution in [0.3, 0.4) is 0 Å². The van der Waals surface area contributed by atoms with E-state index in [1.165, 1.54) is 0 Å². The quantitative estimate of drug-likeness (QED) is 0.885. The van der Waals surface area contributed by atoms with Crippen LogP contribution in [0.4, 0.5) is 11.5 Å². The van der Waals surface area contributed by atoms with Crippen LogP contribution in [0, 0.1) is 0 Å². The van der Waals surface area contributed by atoms with E-state index in [4.69, 9.17) is 15.2 Å². The van der Waals surface area contributed by atoms with Crippen LogP contribution in [0.1, 0.15) is 20.8 Å². The van der Waals surface area contributed by atoms with Crippen molar-refractivity contribution < 1.29 is 9.47 Å². The molecule has 0 saturated carbocycles. The molecule has 2 rings (SSSR count). The van der Waals surface area contributed by atoms with Crippen LogP contribution in [0.25, 0.3) is 0 Å². The molecule has 2 unspecified atom stereocenters. The lowest BCUT2D eigenvalue weighted by Crippen LogP contribution is -2.45. The van der Waals surface area contributed by atoms with Gasteiger partial charge in [-0.25, -0.2) is 0 Å². The smallest absolute Gasteiger partial charge is 0.239 e. The first-order valence-electron chi connectivity index (χ1n) is 6.40. The molecule has 1 aromatic heterocycles. The lowest BCUT2D eigenvalue weighted by molar-refractivity contribution is -0.00548. The number of rotatable bonds is 3. The van der Waals surface area contributed by atoms with Crippen molar-refractivity contribution in [1.29, 1.82) is 0 Å². The summed E-state index contributed by atoms with van der Waals surface area (Å²) in [6, 6.07) is 3.78. The van der Waals surface area contributed by atoms with E-state index in [2.05, 4.69) is 23.7 Å². The predicted octanol–water partition coefficient (Wildman–Crippen LogP) is 1.68. The predicted molar refractivity (Wildman–Crippen MR) is 72.0 cm³/mol. The largest absolute Gasteiger partial charge is 0.476 e. The zero-order chi connectivity index (χ0) is 13.1. The van der Waals surface area contributed by atoms with E-state index < -0.39 is 0 Å². The standard InChI is InChI=1S/C13H21N3O2/c1-4-17-13-11(14)5-6-12(15-13)16-7-9(2)18-10(3)8-16/h5-6,9-10H,4,7-8,14H2,1-3H3. The number of anilines is 2. The second kappa shape index (κ2) is 5.44. The van der Waals surface area contributed by atoms with Gasteiger partial charge in [-0.15, -0.1) is 0 Å². The van der Waals surface area contributed by atoms with Gasteiger partial charge in [0.2, 0.25) is 5.88 Å². The van der Waals surface area contributed by atoms with Crippen LogP contribution in [0.15, 0.2) is 12.1 Å². The molecule has 2 atom stereocenters. The van der Waals surface area contributed by atoms with Gasteiger partial charge in [-0.2, -0.15) is 4.98 Å². The van der Waals surface area contributed by atoms with Gasteiger partial charge in [-0.05, 0) is 32.9 Å². The number of ether oxygens (including phenoxy) is 2. The third-order valence-corrected chi connectivity index (χ3v) is 2.90. The minimum absolute atomic E-state index is 0.212. The molecule has 0 radical (unpaired) electrons. The normalized spacial score (nSPS) is 24.1. The molecule has 1 aliphatic rings.